The summed E-state index contributed by atoms with van der Waals surface area (Å²) in [6.07, 6.45) is 4.20. The average Bonchev–Trinajstić information content (AvgIpc) is 3.30. The van der Waals surface area contributed by atoms with Gasteiger partial charge in [0.2, 0.25) is 5.89 Å². The molecule has 8 heteroatoms. The first-order valence-corrected chi connectivity index (χ1v) is 9.20. The summed E-state index contributed by atoms with van der Waals surface area (Å²) in [4.78, 5) is 32.8. The third-order valence-electron chi connectivity index (χ3n) is 5.71. The molecule has 1 N–H and O–H groups in total. The van der Waals surface area contributed by atoms with Gasteiger partial charge in [-0.3, -0.25) is 14.6 Å². The second-order valence-electron chi connectivity index (χ2n) is 7.58. The van der Waals surface area contributed by atoms with E-state index in [4.69, 9.17) is 4.52 Å². The number of hydrogen-bond donors (Lipinski definition) is 1. The molecule has 3 aliphatic rings. The zero-order valence-electron chi connectivity index (χ0n) is 14.8. The maximum absolute atomic E-state index is 12.7. The maximum Gasteiger partial charge on any atom is 0.325 e. The summed E-state index contributed by atoms with van der Waals surface area (Å²) in [6, 6.07) is -0.278. The second kappa shape index (κ2) is 6.09. The summed E-state index contributed by atoms with van der Waals surface area (Å²) in [7, 11) is 0. The van der Waals surface area contributed by atoms with Crippen LogP contribution in [0.15, 0.2) is 4.52 Å². The molecule has 0 spiro atoms. The Kier molecular flexibility index (Phi) is 4.02. The number of rotatable bonds is 5. The molecular formula is C17H25N5O3. The van der Waals surface area contributed by atoms with Crippen molar-refractivity contribution in [2.45, 2.75) is 57.5 Å². The molecule has 2 aliphatic heterocycles. The van der Waals surface area contributed by atoms with E-state index in [2.05, 4.69) is 20.4 Å². The Morgan fingerprint density at radius 1 is 1.32 bits per heavy atom. The van der Waals surface area contributed by atoms with E-state index in [1.807, 2.05) is 13.8 Å². The molecule has 25 heavy (non-hydrogen) atoms. The van der Waals surface area contributed by atoms with Crippen molar-refractivity contribution < 1.29 is 14.1 Å². The monoisotopic (exact) mass is 347 g/mol. The van der Waals surface area contributed by atoms with Crippen molar-refractivity contribution in [1.29, 1.82) is 0 Å². The number of likely N-dealkylation sites (N-methyl/N-ethyl adjacent to an activating group) is 1. The zero-order valence-corrected chi connectivity index (χ0v) is 14.8. The predicted octanol–water partition coefficient (Wildman–Crippen LogP) is 1.49. The van der Waals surface area contributed by atoms with Crippen LogP contribution in [0.4, 0.5) is 4.79 Å². The smallest absolute Gasteiger partial charge is 0.325 e. The minimum absolute atomic E-state index is 0.0871. The number of nitrogens with zero attached hydrogens (tertiary/aromatic N) is 4. The van der Waals surface area contributed by atoms with Crippen molar-refractivity contribution in [3.05, 3.63) is 11.7 Å². The lowest BCUT2D eigenvalue weighted by molar-refractivity contribution is -0.133. The molecule has 3 fully saturated rings. The Hall–Kier alpha value is -1.96. The van der Waals surface area contributed by atoms with Crippen LogP contribution < -0.4 is 5.32 Å². The van der Waals surface area contributed by atoms with Crippen LogP contribution >= 0.6 is 0 Å². The van der Waals surface area contributed by atoms with Crippen LogP contribution in [0.2, 0.25) is 0 Å². The van der Waals surface area contributed by atoms with Crippen LogP contribution in [-0.4, -0.2) is 57.1 Å². The number of carbonyl (C=O) groups excluding carboxylic acids is 2. The highest BCUT2D eigenvalue weighted by atomic mass is 16.5. The summed E-state index contributed by atoms with van der Waals surface area (Å²) < 4.78 is 5.33. The standard InChI is InChI=1S/C17H25N5O3/c1-3-22-15(23)17(2,19-16(22)24)12-5-4-8-21(9-12)10-13-18-14(25-20-13)11-6-7-11/h11-12H,3-10H2,1-2H3,(H,19,24)/t12-,17+/m0/s1. The van der Waals surface area contributed by atoms with Gasteiger partial charge in [0.05, 0.1) is 6.54 Å². The molecule has 1 aromatic rings. The Morgan fingerprint density at radius 3 is 2.80 bits per heavy atom. The van der Waals surface area contributed by atoms with Gasteiger partial charge in [0, 0.05) is 24.9 Å². The van der Waals surface area contributed by atoms with Gasteiger partial charge in [0.25, 0.3) is 5.91 Å². The molecular weight excluding hydrogens is 322 g/mol. The number of carbonyl (C=O) groups is 2. The van der Waals surface area contributed by atoms with Gasteiger partial charge < -0.3 is 9.84 Å². The first-order chi connectivity index (χ1) is 12.0. The number of amides is 3. The quantitative estimate of drug-likeness (QED) is 0.812. The van der Waals surface area contributed by atoms with E-state index in [1.165, 1.54) is 4.90 Å². The Morgan fingerprint density at radius 2 is 2.12 bits per heavy atom. The van der Waals surface area contributed by atoms with Gasteiger partial charge in [-0.05, 0) is 46.1 Å². The van der Waals surface area contributed by atoms with Crippen LogP contribution in [-0.2, 0) is 11.3 Å². The van der Waals surface area contributed by atoms with Gasteiger partial charge in [-0.2, -0.15) is 4.98 Å². The minimum Gasteiger partial charge on any atom is -0.339 e. The Balaban J connectivity index is 1.43. The van der Waals surface area contributed by atoms with E-state index in [9.17, 15) is 9.59 Å². The van der Waals surface area contributed by atoms with Crippen LogP contribution in [0.25, 0.3) is 0 Å². The number of imide groups is 1. The lowest BCUT2D eigenvalue weighted by Gasteiger charge is -2.39. The van der Waals surface area contributed by atoms with Crippen molar-refractivity contribution in [2.75, 3.05) is 19.6 Å². The van der Waals surface area contributed by atoms with Crippen molar-refractivity contribution in [3.8, 4) is 0 Å². The van der Waals surface area contributed by atoms with E-state index < -0.39 is 5.54 Å². The fourth-order valence-corrected chi connectivity index (χ4v) is 3.98. The van der Waals surface area contributed by atoms with Gasteiger partial charge in [-0.25, -0.2) is 4.79 Å². The molecule has 0 unspecified atom stereocenters. The summed E-state index contributed by atoms with van der Waals surface area (Å²) in [5.41, 5.74) is -0.817. The number of hydrogen-bond acceptors (Lipinski definition) is 6. The summed E-state index contributed by atoms with van der Waals surface area (Å²) in [5.74, 6) is 1.91. The van der Waals surface area contributed by atoms with Gasteiger partial charge in [0.1, 0.15) is 5.54 Å². The molecule has 4 rings (SSSR count). The Labute approximate surface area is 146 Å². The molecule has 136 valence electrons. The molecule has 8 nitrogen and oxygen atoms in total. The highest BCUT2D eigenvalue weighted by Gasteiger charge is 2.52. The van der Waals surface area contributed by atoms with E-state index in [1.54, 1.807) is 0 Å². The fraction of sp³-hybridized carbons (Fsp3) is 0.765. The predicted molar refractivity (Wildman–Crippen MR) is 88.6 cm³/mol. The second-order valence-corrected chi connectivity index (χ2v) is 7.58. The van der Waals surface area contributed by atoms with Crippen molar-refractivity contribution in [2.24, 2.45) is 5.92 Å². The summed E-state index contributed by atoms with van der Waals surface area (Å²) in [6.45, 7) is 6.40. The van der Waals surface area contributed by atoms with Crippen molar-refractivity contribution >= 4 is 11.9 Å². The maximum atomic E-state index is 12.7. The SMILES string of the molecule is CCN1C(=O)N[C@](C)([C@H]2CCCN(Cc3noc(C4CC4)n3)C2)C1=O. The number of urea groups is 1. The highest BCUT2D eigenvalue weighted by Crippen LogP contribution is 2.39. The first kappa shape index (κ1) is 16.5. The summed E-state index contributed by atoms with van der Waals surface area (Å²) >= 11 is 0. The van der Waals surface area contributed by atoms with Crippen LogP contribution in [0.5, 0.6) is 0 Å². The largest absolute Gasteiger partial charge is 0.339 e. The van der Waals surface area contributed by atoms with Crippen LogP contribution in [0.3, 0.4) is 0 Å². The fourth-order valence-electron chi connectivity index (χ4n) is 3.98. The Bertz CT molecular complexity index is 686. The van der Waals surface area contributed by atoms with Crippen LogP contribution in [0, 0.1) is 5.92 Å². The summed E-state index contributed by atoms with van der Waals surface area (Å²) in [5, 5.41) is 7.01. The minimum atomic E-state index is -0.817. The molecule has 1 saturated carbocycles. The lowest BCUT2D eigenvalue weighted by Crippen LogP contribution is -2.55. The van der Waals surface area contributed by atoms with Crippen molar-refractivity contribution in [1.82, 2.24) is 25.3 Å². The van der Waals surface area contributed by atoms with Crippen molar-refractivity contribution in [3.63, 3.8) is 0 Å². The van der Waals surface area contributed by atoms with Crippen LogP contribution in [0.1, 0.15) is 57.2 Å². The van der Waals surface area contributed by atoms with E-state index in [0.717, 1.165) is 44.7 Å². The number of nitrogens with one attached hydrogen (secondary N) is 1. The van der Waals surface area contributed by atoms with Gasteiger partial charge >= 0.3 is 6.03 Å². The molecule has 2 atom stereocenters. The lowest BCUT2D eigenvalue weighted by atomic mass is 9.80. The number of aromatic nitrogens is 2. The topological polar surface area (TPSA) is 91.6 Å². The number of piperidine rings is 1. The molecule has 0 aromatic carbocycles. The van der Waals surface area contributed by atoms with E-state index in [-0.39, 0.29) is 17.9 Å². The van der Waals surface area contributed by atoms with Gasteiger partial charge in [0.15, 0.2) is 5.82 Å². The zero-order chi connectivity index (χ0) is 17.6. The molecule has 3 heterocycles. The average molecular weight is 347 g/mol. The molecule has 1 aromatic heterocycles. The normalized spacial score (nSPS) is 30.8. The third-order valence-corrected chi connectivity index (χ3v) is 5.71. The van der Waals surface area contributed by atoms with E-state index in [0.29, 0.717) is 24.8 Å². The first-order valence-electron chi connectivity index (χ1n) is 9.20. The number of likely N-dealkylation sites (tertiary alicyclic amines) is 1. The highest BCUT2D eigenvalue weighted by molar-refractivity contribution is 6.07. The molecule has 0 bridgehead atoms. The van der Waals surface area contributed by atoms with Gasteiger partial charge in [-0.1, -0.05) is 5.16 Å². The molecule has 3 amide bonds. The molecule has 1 aliphatic carbocycles. The third kappa shape index (κ3) is 2.92. The van der Waals surface area contributed by atoms with Gasteiger partial charge in [-0.15, -0.1) is 0 Å². The van der Waals surface area contributed by atoms with E-state index >= 15 is 0 Å². The molecule has 2 saturated heterocycles. The molecule has 0 radical (unpaired) electrons.